The number of nitrogens with two attached hydrogens (primary N) is 2. The van der Waals surface area contributed by atoms with Crippen LogP contribution in [0.25, 0.3) is 10.8 Å². The largest absolute Gasteiger partial charge is 0.370 e. The maximum absolute atomic E-state index is 14.6. The number of nitrogens with zero attached hydrogens (tertiary/aromatic N) is 2. The summed E-state index contributed by atoms with van der Waals surface area (Å²) in [7, 11) is 0. The van der Waals surface area contributed by atoms with Gasteiger partial charge in [0.05, 0.1) is 6.42 Å². The molecule has 248 valence electrons. The van der Waals surface area contributed by atoms with Gasteiger partial charge in [0.1, 0.15) is 12.1 Å². The molecule has 11 heteroatoms. The first-order valence-electron chi connectivity index (χ1n) is 15.8. The lowest BCUT2D eigenvalue weighted by molar-refractivity contribution is -0.148. The van der Waals surface area contributed by atoms with Gasteiger partial charge in [-0.3, -0.25) is 24.0 Å². The van der Waals surface area contributed by atoms with Gasteiger partial charge in [0.15, 0.2) is 0 Å². The summed E-state index contributed by atoms with van der Waals surface area (Å²) in [6, 6.07) is 25.0. The molecule has 0 aromatic heterocycles. The van der Waals surface area contributed by atoms with Crippen LogP contribution in [-0.4, -0.2) is 58.0 Å². The highest BCUT2D eigenvalue weighted by Crippen LogP contribution is 2.33. The molecular formula is C37H38ClN5O5. The molecule has 0 radical (unpaired) electrons. The van der Waals surface area contributed by atoms with Crippen molar-refractivity contribution >= 4 is 57.6 Å². The van der Waals surface area contributed by atoms with Crippen molar-refractivity contribution in [3.8, 4) is 0 Å². The smallest absolute Gasteiger partial charge is 0.250 e. The minimum atomic E-state index is -1.05. The Hall–Kier alpha value is -5.22. The predicted octanol–water partition coefficient (Wildman–Crippen LogP) is 4.53. The van der Waals surface area contributed by atoms with Crippen LogP contribution in [-0.2, 0) is 36.8 Å². The zero-order valence-electron chi connectivity index (χ0n) is 26.6. The van der Waals surface area contributed by atoms with Crippen molar-refractivity contribution in [1.82, 2.24) is 9.80 Å². The number of fused-ring (bicyclic) bond motifs is 1. The monoisotopic (exact) mass is 667 g/mol. The lowest BCUT2D eigenvalue weighted by Crippen LogP contribution is -2.52. The molecule has 4 aromatic rings. The fraction of sp³-hybridized carbons (Fsp3) is 0.270. The van der Waals surface area contributed by atoms with E-state index >= 15 is 0 Å². The predicted molar refractivity (Wildman–Crippen MR) is 185 cm³/mol. The first kappa shape index (κ1) is 34.1. The SMILES string of the molecule is C[C@@H]1CCN([C@H](Cc2cccc3ccccc23)C(N)=O)C(=O)[C@H](c2cccc(Cl)c2)N1C(=O)Cc1ccc(NC(=O)CCC(N)=O)cc1. The van der Waals surface area contributed by atoms with Gasteiger partial charge in [0, 0.05) is 42.6 Å². The minimum Gasteiger partial charge on any atom is -0.370 e. The number of anilines is 1. The molecule has 10 nitrogen and oxygen atoms in total. The van der Waals surface area contributed by atoms with Gasteiger partial charge >= 0.3 is 0 Å². The number of hydrogen-bond donors (Lipinski definition) is 3. The second-order valence-corrected chi connectivity index (χ2v) is 12.5. The third-order valence-electron chi connectivity index (χ3n) is 8.70. The molecule has 0 aliphatic carbocycles. The third kappa shape index (κ3) is 8.01. The van der Waals surface area contributed by atoms with E-state index in [1.165, 1.54) is 4.90 Å². The van der Waals surface area contributed by atoms with E-state index in [2.05, 4.69) is 5.32 Å². The van der Waals surface area contributed by atoms with Crippen LogP contribution in [0.4, 0.5) is 5.69 Å². The number of carbonyl (C=O) groups excluding carboxylic acids is 5. The Bertz CT molecular complexity index is 1840. The summed E-state index contributed by atoms with van der Waals surface area (Å²) < 4.78 is 0. The number of primary amides is 2. The normalized spacial score (nSPS) is 17.1. The van der Waals surface area contributed by atoms with Crippen LogP contribution in [0.2, 0.25) is 5.02 Å². The number of nitrogens with one attached hydrogen (secondary N) is 1. The Morgan fingerprint density at radius 3 is 2.33 bits per heavy atom. The maximum atomic E-state index is 14.6. The average Bonchev–Trinajstić information content (AvgIpc) is 3.18. The molecule has 0 spiro atoms. The van der Waals surface area contributed by atoms with Crippen LogP contribution in [0.5, 0.6) is 0 Å². The van der Waals surface area contributed by atoms with Crippen LogP contribution in [0.1, 0.15) is 48.9 Å². The van der Waals surface area contributed by atoms with Crippen molar-refractivity contribution in [2.24, 2.45) is 11.5 Å². The van der Waals surface area contributed by atoms with E-state index in [0.717, 1.165) is 16.3 Å². The average molecular weight is 668 g/mol. The van der Waals surface area contributed by atoms with E-state index in [-0.39, 0.29) is 50.1 Å². The number of carbonyl (C=O) groups is 5. The number of halogens is 1. The number of benzene rings is 4. The molecule has 1 heterocycles. The molecule has 4 aromatic carbocycles. The van der Waals surface area contributed by atoms with Gasteiger partial charge < -0.3 is 26.6 Å². The molecule has 1 saturated heterocycles. The maximum Gasteiger partial charge on any atom is 0.250 e. The first-order valence-corrected chi connectivity index (χ1v) is 16.2. The van der Waals surface area contributed by atoms with Gasteiger partial charge in [-0.05, 0) is 65.1 Å². The molecule has 0 unspecified atom stereocenters. The molecule has 48 heavy (non-hydrogen) atoms. The van der Waals surface area contributed by atoms with Crippen molar-refractivity contribution in [1.29, 1.82) is 0 Å². The van der Waals surface area contributed by atoms with Crippen LogP contribution in [0.3, 0.4) is 0 Å². The summed E-state index contributed by atoms with van der Waals surface area (Å²) in [6.07, 6.45) is 0.541. The highest BCUT2D eigenvalue weighted by molar-refractivity contribution is 6.30. The van der Waals surface area contributed by atoms with Gasteiger partial charge in [0.2, 0.25) is 23.6 Å². The van der Waals surface area contributed by atoms with E-state index in [1.54, 1.807) is 53.4 Å². The summed E-state index contributed by atoms with van der Waals surface area (Å²) in [6.45, 7) is 2.12. The van der Waals surface area contributed by atoms with Crippen LogP contribution in [0.15, 0.2) is 91.0 Å². The van der Waals surface area contributed by atoms with Crippen molar-refractivity contribution < 1.29 is 24.0 Å². The summed E-state index contributed by atoms with van der Waals surface area (Å²) in [5.41, 5.74) is 13.7. The van der Waals surface area contributed by atoms with Gasteiger partial charge in [-0.1, -0.05) is 78.3 Å². The van der Waals surface area contributed by atoms with Crippen LogP contribution >= 0.6 is 11.6 Å². The molecule has 5 N–H and O–H groups in total. The van der Waals surface area contributed by atoms with E-state index in [9.17, 15) is 24.0 Å². The highest BCUT2D eigenvalue weighted by Gasteiger charge is 2.43. The topological polar surface area (TPSA) is 156 Å². The summed E-state index contributed by atoms with van der Waals surface area (Å²) in [5, 5.41) is 5.10. The molecule has 5 rings (SSSR count). The molecule has 1 fully saturated rings. The van der Waals surface area contributed by atoms with Gasteiger partial charge in [-0.15, -0.1) is 0 Å². The quantitative estimate of drug-likeness (QED) is 0.214. The van der Waals surface area contributed by atoms with E-state index < -0.39 is 29.8 Å². The molecule has 5 amide bonds. The van der Waals surface area contributed by atoms with E-state index in [4.69, 9.17) is 23.1 Å². The van der Waals surface area contributed by atoms with Gasteiger partial charge in [0.25, 0.3) is 5.91 Å². The van der Waals surface area contributed by atoms with Crippen LogP contribution in [0, 0.1) is 0 Å². The highest BCUT2D eigenvalue weighted by atomic mass is 35.5. The van der Waals surface area contributed by atoms with Crippen molar-refractivity contribution in [2.75, 3.05) is 11.9 Å². The minimum absolute atomic E-state index is 0.0140. The Balaban J connectivity index is 1.43. The van der Waals surface area contributed by atoms with Crippen molar-refractivity contribution in [3.05, 3.63) is 113 Å². The van der Waals surface area contributed by atoms with Crippen molar-refractivity contribution in [3.63, 3.8) is 0 Å². The Kier molecular flexibility index (Phi) is 10.8. The van der Waals surface area contributed by atoms with E-state index in [0.29, 0.717) is 28.3 Å². The zero-order valence-corrected chi connectivity index (χ0v) is 27.4. The molecule has 3 atom stereocenters. The number of hydrogen-bond acceptors (Lipinski definition) is 5. The molecular weight excluding hydrogens is 630 g/mol. The Morgan fingerprint density at radius 1 is 0.917 bits per heavy atom. The van der Waals surface area contributed by atoms with Crippen molar-refractivity contribution in [2.45, 2.75) is 57.2 Å². The fourth-order valence-corrected chi connectivity index (χ4v) is 6.46. The molecule has 0 saturated carbocycles. The van der Waals surface area contributed by atoms with Gasteiger partial charge in [-0.25, -0.2) is 0 Å². The summed E-state index contributed by atoms with van der Waals surface area (Å²) in [5.74, 6) is -2.23. The summed E-state index contributed by atoms with van der Waals surface area (Å²) in [4.78, 5) is 68.0. The Morgan fingerprint density at radius 2 is 1.62 bits per heavy atom. The summed E-state index contributed by atoms with van der Waals surface area (Å²) >= 11 is 6.39. The molecule has 1 aliphatic rings. The zero-order chi connectivity index (χ0) is 34.4. The fourth-order valence-electron chi connectivity index (χ4n) is 6.26. The molecule has 0 bridgehead atoms. The van der Waals surface area contributed by atoms with Gasteiger partial charge in [-0.2, -0.15) is 0 Å². The number of rotatable bonds is 11. The lowest BCUT2D eigenvalue weighted by Gasteiger charge is -2.36. The lowest BCUT2D eigenvalue weighted by atomic mass is 9.96. The van der Waals surface area contributed by atoms with Crippen LogP contribution < -0.4 is 16.8 Å². The third-order valence-corrected chi connectivity index (χ3v) is 8.93. The first-order chi connectivity index (χ1) is 23.0. The second kappa shape index (κ2) is 15.1. The standard InChI is InChI=1S/C37H38ClN5O5/c1-23-18-19-42(31(36(40)47)22-26-8-4-7-25-6-2-3-11-30(25)26)37(48)35(27-9-5-10-28(38)21-27)43(23)34(46)20-24-12-14-29(15-13-24)41-33(45)17-16-32(39)44/h2-15,21,23,31,35H,16-20,22H2,1H3,(H2,39,44)(H2,40,47)(H,41,45)/t23-,31-,35+/m1/s1. The number of amides is 5. The second-order valence-electron chi connectivity index (χ2n) is 12.1. The van der Waals surface area contributed by atoms with E-state index in [1.807, 2.05) is 49.4 Å². The Labute approximate surface area is 284 Å². The molecule has 1 aliphatic heterocycles.